The number of anilines is 2. The highest BCUT2D eigenvalue weighted by molar-refractivity contribution is 5.44. The molecule has 3 rings (SSSR count). The van der Waals surface area contributed by atoms with E-state index < -0.39 is 0 Å². The smallest absolute Gasteiger partial charge is 0.222 e. The first-order valence-corrected chi connectivity index (χ1v) is 7.30. The van der Waals surface area contributed by atoms with Gasteiger partial charge in [0.25, 0.3) is 0 Å². The van der Waals surface area contributed by atoms with Crippen molar-refractivity contribution < 1.29 is 4.74 Å². The van der Waals surface area contributed by atoms with Crippen LogP contribution in [0.2, 0.25) is 0 Å². The molecule has 104 valence electrons. The van der Waals surface area contributed by atoms with Crippen molar-refractivity contribution >= 4 is 11.8 Å². The Balaban J connectivity index is 1.83. The maximum absolute atomic E-state index is 5.88. The number of hydrogen-bond acceptors (Lipinski definition) is 5. The molecular weight excluding hydrogens is 240 g/mol. The monoisotopic (exact) mass is 262 g/mol. The Morgan fingerprint density at radius 1 is 1.16 bits per heavy atom. The van der Waals surface area contributed by atoms with E-state index in [0.29, 0.717) is 11.9 Å². The van der Waals surface area contributed by atoms with Crippen molar-refractivity contribution in [3.63, 3.8) is 0 Å². The normalized spacial score (nSPS) is 24.4. The van der Waals surface area contributed by atoms with E-state index in [1.807, 2.05) is 0 Å². The van der Waals surface area contributed by atoms with Crippen LogP contribution in [0.25, 0.3) is 0 Å². The van der Waals surface area contributed by atoms with Crippen LogP contribution in [0.1, 0.15) is 43.7 Å². The molecule has 2 fully saturated rings. The van der Waals surface area contributed by atoms with Crippen molar-refractivity contribution in [2.75, 3.05) is 36.9 Å². The van der Waals surface area contributed by atoms with Crippen LogP contribution < -0.4 is 10.6 Å². The number of nitrogen functional groups attached to an aromatic ring is 1. The van der Waals surface area contributed by atoms with Crippen LogP contribution in [0.4, 0.5) is 11.8 Å². The van der Waals surface area contributed by atoms with Crippen LogP contribution >= 0.6 is 0 Å². The summed E-state index contributed by atoms with van der Waals surface area (Å²) in [4.78, 5) is 11.2. The third-order valence-corrected chi connectivity index (χ3v) is 4.03. The zero-order chi connectivity index (χ0) is 13.1. The van der Waals surface area contributed by atoms with Crippen molar-refractivity contribution in [2.24, 2.45) is 0 Å². The van der Waals surface area contributed by atoms with E-state index in [9.17, 15) is 0 Å². The molecule has 1 atom stereocenters. The number of aromatic nitrogens is 2. The van der Waals surface area contributed by atoms with Gasteiger partial charge in [-0.05, 0) is 19.3 Å². The Kier molecular flexibility index (Phi) is 3.82. The molecule has 0 saturated carbocycles. The molecule has 0 amide bonds. The summed E-state index contributed by atoms with van der Waals surface area (Å²) < 4.78 is 5.44. The summed E-state index contributed by atoms with van der Waals surface area (Å²) in [5, 5.41) is 0. The predicted octanol–water partition coefficient (Wildman–Crippen LogP) is 1.94. The van der Waals surface area contributed by atoms with Crippen LogP contribution in [-0.4, -0.2) is 36.3 Å². The number of hydrogen-bond donors (Lipinski definition) is 1. The Labute approximate surface area is 114 Å². The molecule has 19 heavy (non-hydrogen) atoms. The van der Waals surface area contributed by atoms with Crippen LogP contribution in [-0.2, 0) is 4.74 Å². The van der Waals surface area contributed by atoms with E-state index in [0.717, 1.165) is 44.2 Å². The van der Waals surface area contributed by atoms with E-state index in [-0.39, 0.29) is 0 Å². The molecule has 2 aliphatic rings. The molecule has 0 radical (unpaired) electrons. The predicted molar refractivity (Wildman–Crippen MR) is 75.3 cm³/mol. The largest absolute Gasteiger partial charge is 0.381 e. The fourth-order valence-corrected chi connectivity index (χ4v) is 2.91. The maximum atomic E-state index is 5.88. The first-order valence-electron chi connectivity index (χ1n) is 7.30. The molecule has 2 N–H and O–H groups in total. The minimum Gasteiger partial charge on any atom is -0.381 e. The second-order valence-corrected chi connectivity index (χ2v) is 5.47. The van der Waals surface area contributed by atoms with Gasteiger partial charge in [-0.1, -0.05) is 12.8 Å². The van der Waals surface area contributed by atoms with Crippen molar-refractivity contribution in [3.05, 3.63) is 11.8 Å². The highest BCUT2D eigenvalue weighted by atomic mass is 16.5. The highest BCUT2D eigenvalue weighted by Crippen LogP contribution is 2.27. The molecule has 3 heterocycles. The summed E-state index contributed by atoms with van der Waals surface area (Å²) in [6.07, 6.45) is 6.16. The summed E-state index contributed by atoms with van der Waals surface area (Å²) >= 11 is 0. The Hall–Kier alpha value is -1.36. The number of ether oxygens (including phenoxy) is 1. The van der Waals surface area contributed by atoms with Crippen molar-refractivity contribution in [1.29, 1.82) is 0 Å². The van der Waals surface area contributed by atoms with Crippen LogP contribution in [0.15, 0.2) is 6.07 Å². The summed E-state index contributed by atoms with van der Waals surface area (Å²) in [6.45, 7) is 3.75. The van der Waals surface area contributed by atoms with Gasteiger partial charge in [-0.25, -0.2) is 4.98 Å². The minimum atomic E-state index is 0.385. The van der Waals surface area contributed by atoms with Crippen LogP contribution in [0, 0.1) is 0 Å². The zero-order valence-corrected chi connectivity index (χ0v) is 11.3. The lowest BCUT2D eigenvalue weighted by atomic mass is 10.0. The van der Waals surface area contributed by atoms with Gasteiger partial charge >= 0.3 is 0 Å². The number of nitrogens with zero attached hydrogens (tertiary/aromatic N) is 3. The number of rotatable bonds is 2. The standard InChI is InChI=1S/C14H22N4O/c15-14-16-12(11-5-8-19-10-11)9-13(17-14)18-6-3-1-2-4-7-18/h9,11H,1-8,10H2,(H2,15,16,17)/t11-/m0/s1. The average molecular weight is 262 g/mol. The third kappa shape index (κ3) is 2.97. The van der Waals surface area contributed by atoms with Gasteiger partial charge in [0, 0.05) is 31.7 Å². The van der Waals surface area contributed by atoms with Crippen LogP contribution in [0.3, 0.4) is 0 Å². The lowest BCUT2D eigenvalue weighted by molar-refractivity contribution is 0.193. The first kappa shape index (κ1) is 12.7. The molecule has 1 aromatic heterocycles. The van der Waals surface area contributed by atoms with Crippen molar-refractivity contribution in [3.8, 4) is 0 Å². The Morgan fingerprint density at radius 2 is 1.95 bits per heavy atom. The molecule has 2 aliphatic heterocycles. The molecule has 0 aliphatic carbocycles. The van der Waals surface area contributed by atoms with Gasteiger partial charge in [-0.3, -0.25) is 0 Å². The molecule has 0 unspecified atom stereocenters. The van der Waals surface area contributed by atoms with Crippen molar-refractivity contribution in [1.82, 2.24) is 9.97 Å². The first-order chi connectivity index (χ1) is 9.33. The molecule has 0 bridgehead atoms. The molecule has 2 saturated heterocycles. The fourth-order valence-electron chi connectivity index (χ4n) is 2.91. The maximum Gasteiger partial charge on any atom is 0.222 e. The molecule has 5 nitrogen and oxygen atoms in total. The number of nitrogens with two attached hydrogens (primary N) is 1. The summed E-state index contributed by atoms with van der Waals surface area (Å²) in [5.41, 5.74) is 6.93. The van der Waals surface area contributed by atoms with Crippen molar-refractivity contribution in [2.45, 2.75) is 38.0 Å². The lowest BCUT2D eigenvalue weighted by Gasteiger charge is -2.22. The highest BCUT2D eigenvalue weighted by Gasteiger charge is 2.21. The summed E-state index contributed by atoms with van der Waals surface area (Å²) in [7, 11) is 0. The molecule has 5 heteroatoms. The average Bonchev–Trinajstić information content (AvgIpc) is 2.81. The van der Waals surface area contributed by atoms with Gasteiger partial charge in [-0.15, -0.1) is 0 Å². The summed E-state index contributed by atoms with van der Waals surface area (Å²) in [6, 6.07) is 2.11. The Morgan fingerprint density at radius 3 is 2.63 bits per heavy atom. The quantitative estimate of drug-likeness (QED) is 0.882. The lowest BCUT2D eigenvalue weighted by Crippen LogP contribution is -2.25. The summed E-state index contributed by atoms with van der Waals surface area (Å²) in [5.74, 6) is 1.77. The zero-order valence-electron chi connectivity index (χ0n) is 11.3. The minimum absolute atomic E-state index is 0.385. The van der Waals surface area contributed by atoms with Gasteiger partial charge in [0.2, 0.25) is 5.95 Å². The van der Waals surface area contributed by atoms with E-state index in [4.69, 9.17) is 10.5 Å². The third-order valence-electron chi connectivity index (χ3n) is 4.03. The molecule has 0 aromatic carbocycles. The second-order valence-electron chi connectivity index (χ2n) is 5.47. The van der Waals surface area contributed by atoms with Gasteiger partial charge < -0.3 is 15.4 Å². The Bertz CT molecular complexity index is 423. The second kappa shape index (κ2) is 5.74. The molecule has 1 aromatic rings. The van der Waals surface area contributed by atoms with Gasteiger partial charge in [0.1, 0.15) is 5.82 Å². The fraction of sp³-hybridized carbons (Fsp3) is 0.714. The van der Waals surface area contributed by atoms with E-state index in [1.54, 1.807) is 0 Å². The molecular formula is C14H22N4O. The van der Waals surface area contributed by atoms with Gasteiger partial charge in [0.15, 0.2) is 0 Å². The van der Waals surface area contributed by atoms with Gasteiger partial charge in [0.05, 0.1) is 12.3 Å². The van der Waals surface area contributed by atoms with E-state index in [1.165, 1.54) is 25.7 Å². The SMILES string of the molecule is Nc1nc([C@H]2CCOC2)cc(N2CCCCCC2)n1. The van der Waals surface area contributed by atoms with Gasteiger partial charge in [-0.2, -0.15) is 4.98 Å². The van der Waals surface area contributed by atoms with E-state index in [2.05, 4.69) is 20.9 Å². The topological polar surface area (TPSA) is 64.3 Å². The van der Waals surface area contributed by atoms with Crippen LogP contribution in [0.5, 0.6) is 0 Å². The molecule has 0 spiro atoms. The van der Waals surface area contributed by atoms with E-state index >= 15 is 0 Å².